The molecule has 0 bridgehead atoms. The van der Waals surface area contributed by atoms with E-state index in [1.54, 1.807) is 0 Å². The van der Waals surface area contributed by atoms with Gasteiger partial charge in [0.25, 0.3) is 0 Å². The minimum atomic E-state index is -0.147. The predicted molar refractivity (Wildman–Crippen MR) is 201 cm³/mol. The molecule has 236 valence electrons. The van der Waals surface area contributed by atoms with Crippen molar-refractivity contribution in [2.75, 3.05) is 0 Å². The molecule has 1 fully saturated rings. The van der Waals surface area contributed by atoms with Gasteiger partial charge in [0.1, 0.15) is 11.2 Å². The lowest BCUT2D eigenvalue weighted by Crippen LogP contribution is -2.54. The van der Waals surface area contributed by atoms with Gasteiger partial charge in [-0.1, -0.05) is 170 Å². The van der Waals surface area contributed by atoms with Crippen LogP contribution in [0, 0.1) is 0 Å². The van der Waals surface area contributed by atoms with E-state index in [0.29, 0.717) is 0 Å². The van der Waals surface area contributed by atoms with Crippen molar-refractivity contribution < 1.29 is 4.42 Å². The highest BCUT2D eigenvalue weighted by molar-refractivity contribution is 6.11. The van der Waals surface area contributed by atoms with Crippen molar-refractivity contribution in [1.82, 2.24) is 16.0 Å². The van der Waals surface area contributed by atoms with Crippen LogP contribution in [-0.4, -0.2) is 0 Å². The number of nitrogens with one attached hydrogen (secondary N) is 3. The number of rotatable bonds is 6. The predicted octanol–water partition coefficient (Wildman–Crippen LogP) is 10.8. The van der Waals surface area contributed by atoms with E-state index < -0.39 is 0 Å². The standard InChI is InChI=1S/C45H35N3O/c1-4-12-30(13-5-1)31-22-24-32(25-23-31)33-26-28-36(29-27-33)44-46-43(35-16-8-3-9-17-35)47-45(48-44)39-20-11-21-40-41(39)38-19-10-18-37(42(38)49-40)34-14-6-2-7-15-34/h1-29,43-48H. The first-order valence-corrected chi connectivity index (χ1v) is 16.9. The molecule has 1 aliphatic heterocycles. The van der Waals surface area contributed by atoms with Crippen molar-refractivity contribution in [2.24, 2.45) is 0 Å². The third kappa shape index (κ3) is 5.62. The van der Waals surface area contributed by atoms with E-state index in [-0.39, 0.29) is 18.5 Å². The van der Waals surface area contributed by atoms with Gasteiger partial charge in [0, 0.05) is 16.3 Å². The Morgan fingerprint density at radius 2 is 0.857 bits per heavy atom. The van der Waals surface area contributed by atoms with Crippen molar-refractivity contribution in [3.8, 4) is 33.4 Å². The van der Waals surface area contributed by atoms with Crippen LogP contribution in [-0.2, 0) is 0 Å². The zero-order valence-corrected chi connectivity index (χ0v) is 26.9. The van der Waals surface area contributed by atoms with E-state index in [4.69, 9.17) is 4.42 Å². The van der Waals surface area contributed by atoms with Crippen molar-refractivity contribution >= 4 is 21.9 Å². The summed E-state index contributed by atoms with van der Waals surface area (Å²) in [6.45, 7) is 0. The van der Waals surface area contributed by atoms with E-state index in [1.807, 2.05) is 6.07 Å². The molecule has 1 aliphatic rings. The Morgan fingerprint density at radius 1 is 0.367 bits per heavy atom. The van der Waals surface area contributed by atoms with Crippen LogP contribution < -0.4 is 16.0 Å². The number of hydrogen-bond donors (Lipinski definition) is 3. The molecule has 9 rings (SSSR count). The first-order valence-electron chi connectivity index (χ1n) is 16.9. The molecule has 3 atom stereocenters. The second kappa shape index (κ2) is 12.7. The fourth-order valence-corrected chi connectivity index (χ4v) is 7.17. The quantitative estimate of drug-likeness (QED) is 0.171. The molecule has 8 aromatic rings. The highest BCUT2D eigenvalue weighted by atomic mass is 16.3. The molecule has 0 radical (unpaired) electrons. The van der Waals surface area contributed by atoms with E-state index in [0.717, 1.165) is 38.6 Å². The first-order chi connectivity index (χ1) is 24.3. The summed E-state index contributed by atoms with van der Waals surface area (Å²) in [7, 11) is 0. The topological polar surface area (TPSA) is 49.2 Å². The van der Waals surface area contributed by atoms with Gasteiger partial charge in [-0.3, -0.25) is 16.0 Å². The molecule has 7 aromatic carbocycles. The van der Waals surface area contributed by atoms with Crippen molar-refractivity contribution in [3.05, 3.63) is 193 Å². The largest absolute Gasteiger partial charge is 0.455 e. The number of furan rings is 1. The molecule has 1 saturated heterocycles. The molecule has 0 saturated carbocycles. The molecule has 3 unspecified atom stereocenters. The lowest BCUT2D eigenvalue weighted by molar-refractivity contribution is 0.204. The molecule has 0 aliphatic carbocycles. The maximum Gasteiger partial charge on any atom is 0.143 e. The summed E-state index contributed by atoms with van der Waals surface area (Å²) in [4.78, 5) is 0. The fourth-order valence-electron chi connectivity index (χ4n) is 7.17. The van der Waals surface area contributed by atoms with Gasteiger partial charge in [-0.05, 0) is 50.6 Å². The Bertz CT molecular complexity index is 2350. The van der Waals surface area contributed by atoms with Gasteiger partial charge < -0.3 is 4.42 Å². The molecule has 0 amide bonds. The maximum absolute atomic E-state index is 6.61. The number of para-hydroxylation sites is 1. The molecule has 49 heavy (non-hydrogen) atoms. The second-order valence-electron chi connectivity index (χ2n) is 12.6. The monoisotopic (exact) mass is 633 g/mol. The summed E-state index contributed by atoms with van der Waals surface area (Å²) in [5.74, 6) is 0. The molecular weight excluding hydrogens is 599 g/mol. The third-order valence-electron chi connectivity index (χ3n) is 9.65. The summed E-state index contributed by atoms with van der Waals surface area (Å²) in [6, 6.07) is 62.1. The Kier molecular flexibility index (Phi) is 7.60. The summed E-state index contributed by atoms with van der Waals surface area (Å²) in [5, 5.41) is 13.8. The van der Waals surface area contributed by atoms with Gasteiger partial charge in [-0.15, -0.1) is 0 Å². The minimum absolute atomic E-state index is 0.0732. The van der Waals surface area contributed by atoms with Crippen LogP contribution in [0.4, 0.5) is 0 Å². The fraction of sp³-hybridized carbons (Fsp3) is 0.0667. The van der Waals surface area contributed by atoms with Crippen LogP contribution in [0.3, 0.4) is 0 Å². The lowest BCUT2D eigenvalue weighted by atomic mass is 9.97. The van der Waals surface area contributed by atoms with Crippen LogP contribution in [0.1, 0.15) is 35.2 Å². The van der Waals surface area contributed by atoms with Gasteiger partial charge in [0.05, 0.1) is 18.5 Å². The van der Waals surface area contributed by atoms with Crippen molar-refractivity contribution in [3.63, 3.8) is 0 Å². The normalized spacial score (nSPS) is 17.8. The molecule has 0 spiro atoms. The van der Waals surface area contributed by atoms with Crippen LogP contribution in [0.5, 0.6) is 0 Å². The minimum Gasteiger partial charge on any atom is -0.455 e. The van der Waals surface area contributed by atoms with E-state index in [9.17, 15) is 0 Å². The van der Waals surface area contributed by atoms with Crippen LogP contribution >= 0.6 is 0 Å². The van der Waals surface area contributed by atoms with Crippen LogP contribution in [0.25, 0.3) is 55.3 Å². The van der Waals surface area contributed by atoms with E-state index in [1.165, 1.54) is 33.4 Å². The summed E-state index contributed by atoms with van der Waals surface area (Å²) >= 11 is 0. The Hall–Kier alpha value is -5.78. The van der Waals surface area contributed by atoms with Gasteiger partial charge in [-0.25, -0.2) is 0 Å². The Balaban J connectivity index is 1.07. The molecule has 3 N–H and O–H groups in total. The highest BCUT2D eigenvalue weighted by Gasteiger charge is 2.31. The molecule has 4 heteroatoms. The molecular formula is C45H35N3O. The Morgan fingerprint density at radius 3 is 1.49 bits per heavy atom. The summed E-state index contributed by atoms with van der Waals surface area (Å²) in [5.41, 5.74) is 12.4. The second-order valence-corrected chi connectivity index (χ2v) is 12.6. The van der Waals surface area contributed by atoms with Crippen molar-refractivity contribution in [1.29, 1.82) is 0 Å². The van der Waals surface area contributed by atoms with E-state index in [2.05, 4.69) is 186 Å². The van der Waals surface area contributed by atoms with Gasteiger partial charge >= 0.3 is 0 Å². The Labute approximate surface area is 286 Å². The number of benzene rings is 7. The average molecular weight is 634 g/mol. The zero-order chi connectivity index (χ0) is 32.6. The zero-order valence-electron chi connectivity index (χ0n) is 26.9. The molecule has 1 aromatic heterocycles. The lowest BCUT2D eigenvalue weighted by Gasteiger charge is -2.40. The summed E-state index contributed by atoms with van der Waals surface area (Å²) < 4.78 is 6.61. The van der Waals surface area contributed by atoms with Gasteiger partial charge in [0.2, 0.25) is 0 Å². The number of hydrogen-bond acceptors (Lipinski definition) is 4. The van der Waals surface area contributed by atoms with E-state index >= 15 is 0 Å². The smallest absolute Gasteiger partial charge is 0.143 e. The van der Waals surface area contributed by atoms with Gasteiger partial charge in [-0.2, -0.15) is 0 Å². The van der Waals surface area contributed by atoms with Gasteiger partial charge in [0.15, 0.2) is 0 Å². The molecule has 2 heterocycles. The SMILES string of the molecule is c1ccc(-c2ccc(-c3ccc(C4NC(c5ccccc5)NC(c5cccc6oc7c(-c8ccccc8)cccc7c56)N4)cc3)cc2)cc1. The number of fused-ring (bicyclic) bond motifs is 3. The van der Waals surface area contributed by atoms with Crippen LogP contribution in [0.2, 0.25) is 0 Å². The maximum atomic E-state index is 6.61. The molecule has 4 nitrogen and oxygen atoms in total. The first kappa shape index (κ1) is 29.4. The van der Waals surface area contributed by atoms with Crippen LogP contribution in [0.15, 0.2) is 180 Å². The third-order valence-corrected chi connectivity index (χ3v) is 9.65. The van der Waals surface area contributed by atoms with Crippen molar-refractivity contribution in [2.45, 2.75) is 18.5 Å². The summed E-state index contributed by atoms with van der Waals surface area (Å²) in [6.07, 6.45) is -0.318. The average Bonchev–Trinajstić information content (AvgIpc) is 3.58. The highest BCUT2D eigenvalue weighted by Crippen LogP contribution is 2.40.